The maximum Gasteiger partial charge on any atom is 0.0204 e. The van der Waals surface area contributed by atoms with E-state index in [9.17, 15) is 0 Å². The van der Waals surface area contributed by atoms with Gasteiger partial charge >= 0.3 is 0 Å². The summed E-state index contributed by atoms with van der Waals surface area (Å²) in [5, 5.41) is 4.49. The lowest BCUT2D eigenvalue weighted by Crippen LogP contribution is -2.37. The van der Waals surface area contributed by atoms with Gasteiger partial charge in [0.05, 0.1) is 0 Å². The molecule has 2 rings (SSSR count). The largest absolute Gasteiger partial charge is 0.313 e. The van der Waals surface area contributed by atoms with Crippen molar-refractivity contribution in [2.24, 2.45) is 0 Å². The third-order valence-corrected chi connectivity index (χ3v) is 5.22. The summed E-state index contributed by atoms with van der Waals surface area (Å²) in [5.41, 5.74) is 1.46. The average molecular weight is 263 g/mol. The molecule has 1 fully saturated rings. The van der Waals surface area contributed by atoms with Gasteiger partial charge in [-0.25, -0.2) is 0 Å². The monoisotopic (exact) mass is 263 g/mol. The number of nitrogens with one attached hydrogen (secondary N) is 1. The average Bonchev–Trinajstić information content (AvgIpc) is 2.64. The van der Waals surface area contributed by atoms with Crippen molar-refractivity contribution in [1.29, 1.82) is 0 Å². The summed E-state index contributed by atoms with van der Waals surface area (Å²) in [4.78, 5) is 0. The minimum absolute atomic E-state index is 0.728. The van der Waals surface area contributed by atoms with Crippen LogP contribution >= 0.6 is 11.8 Å². The van der Waals surface area contributed by atoms with Crippen LogP contribution in [-0.4, -0.2) is 17.8 Å². The molecule has 1 aliphatic rings. The van der Waals surface area contributed by atoms with Gasteiger partial charge in [0, 0.05) is 17.0 Å². The second-order valence-corrected chi connectivity index (χ2v) is 6.36. The van der Waals surface area contributed by atoms with Crippen LogP contribution in [0.25, 0.3) is 0 Å². The van der Waals surface area contributed by atoms with E-state index in [1.807, 2.05) is 0 Å². The molecular formula is C16H25NS. The lowest BCUT2D eigenvalue weighted by atomic mass is 10.1. The molecule has 0 saturated heterocycles. The first kappa shape index (κ1) is 14.0. The number of rotatable bonds is 5. The Morgan fingerprint density at radius 3 is 2.67 bits per heavy atom. The lowest BCUT2D eigenvalue weighted by molar-refractivity contribution is 0.482. The highest BCUT2D eigenvalue weighted by atomic mass is 32.2. The van der Waals surface area contributed by atoms with E-state index in [0.29, 0.717) is 0 Å². The summed E-state index contributed by atoms with van der Waals surface area (Å²) in [7, 11) is 0. The van der Waals surface area contributed by atoms with Crippen molar-refractivity contribution in [2.45, 2.75) is 56.1 Å². The van der Waals surface area contributed by atoms with Crippen LogP contribution in [0.15, 0.2) is 30.3 Å². The number of thioether (sulfide) groups is 1. The molecule has 0 radical (unpaired) electrons. The minimum atomic E-state index is 0.728. The Kier molecular flexibility index (Phi) is 6.09. The molecule has 2 atom stereocenters. The van der Waals surface area contributed by atoms with Crippen molar-refractivity contribution >= 4 is 11.8 Å². The number of benzene rings is 1. The maximum atomic E-state index is 3.69. The Bertz CT molecular complexity index is 325. The molecule has 1 aliphatic carbocycles. The zero-order valence-corrected chi connectivity index (χ0v) is 12.2. The fourth-order valence-electron chi connectivity index (χ4n) is 2.75. The van der Waals surface area contributed by atoms with E-state index in [1.165, 1.54) is 37.7 Å². The van der Waals surface area contributed by atoms with E-state index in [-0.39, 0.29) is 0 Å². The molecule has 0 bridgehead atoms. The first-order valence-electron chi connectivity index (χ1n) is 7.29. The van der Waals surface area contributed by atoms with E-state index in [2.05, 4.69) is 54.3 Å². The quantitative estimate of drug-likeness (QED) is 0.798. The highest BCUT2D eigenvalue weighted by Gasteiger charge is 2.22. The van der Waals surface area contributed by atoms with Gasteiger partial charge in [0.15, 0.2) is 0 Å². The molecule has 18 heavy (non-hydrogen) atoms. The molecule has 0 amide bonds. The molecule has 1 N–H and O–H groups in total. The zero-order valence-electron chi connectivity index (χ0n) is 11.4. The first-order chi connectivity index (χ1) is 8.90. The Morgan fingerprint density at radius 2 is 1.89 bits per heavy atom. The lowest BCUT2D eigenvalue weighted by Gasteiger charge is -2.25. The van der Waals surface area contributed by atoms with Gasteiger partial charge in [-0.05, 0) is 24.9 Å². The van der Waals surface area contributed by atoms with Gasteiger partial charge in [0.25, 0.3) is 0 Å². The van der Waals surface area contributed by atoms with Gasteiger partial charge in [0.1, 0.15) is 0 Å². The summed E-state index contributed by atoms with van der Waals surface area (Å²) in [6, 6.07) is 11.6. The van der Waals surface area contributed by atoms with Gasteiger partial charge < -0.3 is 5.32 Å². The standard InChI is InChI=1S/C16H25NS/c1-2-17-15-11-7-4-8-12-16(15)18-13-14-9-5-3-6-10-14/h3,5-6,9-10,15-17H,2,4,7-8,11-13H2,1H3. The Hall–Kier alpha value is -0.470. The van der Waals surface area contributed by atoms with E-state index in [0.717, 1.165) is 23.6 Å². The van der Waals surface area contributed by atoms with Gasteiger partial charge in [-0.15, -0.1) is 0 Å². The van der Waals surface area contributed by atoms with Crippen LogP contribution in [0.3, 0.4) is 0 Å². The molecule has 1 aromatic rings. The molecule has 0 aliphatic heterocycles. The smallest absolute Gasteiger partial charge is 0.0204 e. The highest BCUT2D eigenvalue weighted by molar-refractivity contribution is 7.99. The van der Waals surface area contributed by atoms with Crippen molar-refractivity contribution in [1.82, 2.24) is 5.32 Å². The molecule has 1 nitrogen and oxygen atoms in total. The SMILES string of the molecule is CCNC1CCCCCC1SCc1ccccc1. The second-order valence-electron chi connectivity index (χ2n) is 5.14. The van der Waals surface area contributed by atoms with Crippen molar-refractivity contribution in [3.8, 4) is 0 Å². The zero-order chi connectivity index (χ0) is 12.6. The predicted octanol–water partition coefficient (Wildman–Crippen LogP) is 4.23. The fraction of sp³-hybridized carbons (Fsp3) is 0.625. The van der Waals surface area contributed by atoms with Crippen molar-refractivity contribution in [3.05, 3.63) is 35.9 Å². The van der Waals surface area contributed by atoms with Gasteiger partial charge in [0.2, 0.25) is 0 Å². The summed E-state index contributed by atoms with van der Waals surface area (Å²) in [5.74, 6) is 1.16. The normalized spacial score (nSPS) is 24.7. The first-order valence-corrected chi connectivity index (χ1v) is 8.34. The van der Waals surface area contributed by atoms with Crippen molar-refractivity contribution in [2.75, 3.05) is 6.54 Å². The number of hydrogen-bond donors (Lipinski definition) is 1. The summed E-state index contributed by atoms with van der Waals surface area (Å²) < 4.78 is 0. The second kappa shape index (κ2) is 7.85. The molecule has 0 aromatic heterocycles. The van der Waals surface area contributed by atoms with E-state index < -0.39 is 0 Å². The molecule has 1 aromatic carbocycles. The van der Waals surface area contributed by atoms with Crippen LogP contribution in [0.2, 0.25) is 0 Å². The van der Waals surface area contributed by atoms with Crippen LogP contribution < -0.4 is 5.32 Å². The van der Waals surface area contributed by atoms with Crippen molar-refractivity contribution < 1.29 is 0 Å². The van der Waals surface area contributed by atoms with Crippen molar-refractivity contribution in [3.63, 3.8) is 0 Å². The van der Waals surface area contributed by atoms with Crippen LogP contribution in [-0.2, 0) is 5.75 Å². The van der Waals surface area contributed by atoms with E-state index in [4.69, 9.17) is 0 Å². The van der Waals surface area contributed by atoms with Crippen LogP contribution in [0.4, 0.5) is 0 Å². The Labute approximate surface area is 116 Å². The number of hydrogen-bond acceptors (Lipinski definition) is 2. The highest BCUT2D eigenvalue weighted by Crippen LogP contribution is 2.30. The van der Waals surface area contributed by atoms with Gasteiger partial charge in [-0.2, -0.15) is 11.8 Å². The van der Waals surface area contributed by atoms with Crippen LogP contribution in [0.1, 0.15) is 44.6 Å². The molecule has 2 heteroatoms. The van der Waals surface area contributed by atoms with Gasteiger partial charge in [-0.3, -0.25) is 0 Å². The van der Waals surface area contributed by atoms with E-state index in [1.54, 1.807) is 0 Å². The topological polar surface area (TPSA) is 12.0 Å². The van der Waals surface area contributed by atoms with Gasteiger partial charge in [-0.1, -0.05) is 56.5 Å². The summed E-state index contributed by atoms with van der Waals surface area (Å²) in [6.45, 7) is 3.33. The molecule has 2 unspecified atom stereocenters. The predicted molar refractivity (Wildman–Crippen MR) is 82.1 cm³/mol. The Morgan fingerprint density at radius 1 is 1.11 bits per heavy atom. The molecular weight excluding hydrogens is 238 g/mol. The fourth-order valence-corrected chi connectivity index (χ4v) is 4.14. The summed E-state index contributed by atoms with van der Waals surface area (Å²) >= 11 is 2.15. The molecule has 1 saturated carbocycles. The maximum absolute atomic E-state index is 3.69. The molecule has 0 spiro atoms. The third-order valence-electron chi connectivity index (χ3n) is 3.73. The third kappa shape index (κ3) is 4.33. The molecule has 100 valence electrons. The van der Waals surface area contributed by atoms with E-state index >= 15 is 0 Å². The van der Waals surface area contributed by atoms with Crippen LogP contribution in [0.5, 0.6) is 0 Å². The minimum Gasteiger partial charge on any atom is -0.313 e. The Balaban J connectivity index is 1.88. The van der Waals surface area contributed by atoms with Crippen LogP contribution in [0, 0.1) is 0 Å². The molecule has 0 heterocycles. The summed E-state index contributed by atoms with van der Waals surface area (Å²) in [6.07, 6.45) is 6.98.